The van der Waals surface area contributed by atoms with Crippen molar-refractivity contribution in [3.05, 3.63) is 47.8 Å². The molecule has 0 aliphatic heterocycles. The van der Waals surface area contributed by atoms with Crippen molar-refractivity contribution in [3.63, 3.8) is 0 Å². The SMILES string of the molecule is Cc1ccc(CN(Cc2ccco2)CC(O)COCC(C)C)o1. The first kappa shape index (κ1) is 17.8. The zero-order chi connectivity index (χ0) is 16.7. The zero-order valence-corrected chi connectivity index (χ0v) is 14.2. The molecule has 5 nitrogen and oxygen atoms in total. The molecule has 1 atom stereocenters. The summed E-state index contributed by atoms with van der Waals surface area (Å²) in [5, 5.41) is 10.2. The molecule has 0 aliphatic rings. The second-order valence-corrected chi connectivity index (χ2v) is 6.35. The summed E-state index contributed by atoms with van der Waals surface area (Å²) in [5.41, 5.74) is 0. The van der Waals surface area contributed by atoms with E-state index in [0.29, 0.717) is 38.8 Å². The van der Waals surface area contributed by atoms with Crippen molar-refractivity contribution in [2.75, 3.05) is 19.8 Å². The quantitative estimate of drug-likeness (QED) is 0.728. The number of nitrogens with zero attached hydrogens (tertiary/aromatic N) is 1. The van der Waals surface area contributed by atoms with Gasteiger partial charge in [-0.3, -0.25) is 4.90 Å². The minimum Gasteiger partial charge on any atom is -0.468 e. The number of ether oxygens (including phenoxy) is 1. The van der Waals surface area contributed by atoms with Crippen molar-refractivity contribution in [2.24, 2.45) is 5.92 Å². The molecular weight excluding hydrogens is 294 g/mol. The molecule has 0 aromatic carbocycles. The predicted octanol–water partition coefficient (Wildman–Crippen LogP) is 3.22. The standard InChI is InChI=1S/C18H27NO4/c1-14(2)12-21-13-16(20)9-19(10-17-5-4-8-22-17)11-18-7-6-15(3)23-18/h4-8,14,16,20H,9-13H2,1-3H3. The molecule has 2 aromatic heterocycles. The molecule has 1 N–H and O–H groups in total. The van der Waals surface area contributed by atoms with E-state index in [9.17, 15) is 5.11 Å². The van der Waals surface area contributed by atoms with Crippen LogP contribution in [0, 0.1) is 12.8 Å². The van der Waals surface area contributed by atoms with Gasteiger partial charge in [-0.05, 0) is 37.1 Å². The molecule has 23 heavy (non-hydrogen) atoms. The van der Waals surface area contributed by atoms with E-state index in [1.165, 1.54) is 0 Å². The number of rotatable bonds is 10. The fraction of sp³-hybridized carbons (Fsp3) is 0.556. The third-order valence-corrected chi connectivity index (χ3v) is 3.37. The molecule has 0 spiro atoms. The predicted molar refractivity (Wildman–Crippen MR) is 87.9 cm³/mol. The van der Waals surface area contributed by atoms with Crippen LogP contribution in [0.4, 0.5) is 0 Å². The molecule has 2 rings (SSSR count). The number of furan rings is 2. The largest absolute Gasteiger partial charge is 0.468 e. The van der Waals surface area contributed by atoms with Gasteiger partial charge < -0.3 is 18.7 Å². The van der Waals surface area contributed by atoms with Gasteiger partial charge in [0.1, 0.15) is 17.3 Å². The summed E-state index contributed by atoms with van der Waals surface area (Å²) < 4.78 is 16.6. The van der Waals surface area contributed by atoms with Crippen molar-refractivity contribution in [3.8, 4) is 0 Å². The summed E-state index contributed by atoms with van der Waals surface area (Å²) in [4.78, 5) is 2.10. The maximum atomic E-state index is 10.2. The second-order valence-electron chi connectivity index (χ2n) is 6.35. The Labute approximate surface area is 137 Å². The third kappa shape index (κ3) is 6.60. The van der Waals surface area contributed by atoms with Crippen molar-refractivity contribution in [1.29, 1.82) is 0 Å². The van der Waals surface area contributed by atoms with Gasteiger partial charge in [0, 0.05) is 13.2 Å². The van der Waals surface area contributed by atoms with Gasteiger partial charge in [-0.25, -0.2) is 0 Å². The average molecular weight is 321 g/mol. The van der Waals surface area contributed by atoms with Crippen LogP contribution < -0.4 is 0 Å². The van der Waals surface area contributed by atoms with E-state index in [4.69, 9.17) is 13.6 Å². The lowest BCUT2D eigenvalue weighted by Gasteiger charge is -2.23. The first-order chi connectivity index (χ1) is 11.0. The van der Waals surface area contributed by atoms with Crippen LogP contribution in [-0.2, 0) is 17.8 Å². The van der Waals surface area contributed by atoms with Crippen molar-refractivity contribution in [2.45, 2.75) is 40.0 Å². The molecule has 0 saturated heterocycles. The van der Waals surface area contributed by atoms with Crippen LogP contribution in [0.5, 0.6) is 0 Å². The van der Waals surface area contributed by atoms with E-state index >= 15 is 0 Å². The fourth-order valence-electron chi connectivity index (χ4n) is 2.39. The van der Waals surface area contributed by atoms with Crippen molar-refractivity contribution >= 4 is 0 Å². The molecule has 128 valence electrons. The number of aliphatic hydroxyl groups excluding tert-OH is 1. The van der Waals surface area contributed by atoms with Crippen LogP contribution in [0.25, 0.3) is 0 Å². The second kappa shape index (κ2) is 8.91. The maximum absolute atomic E-state index is 10.2. The Morgan fingerprint density at radius 1 is 1.13 bits per heavy atom. The highest BCUT2D eigenvalue weighted by Crippen LogP contribution is 2.13. The molecule has 2 aromatic rings. The van der Waals surface area contributed by atoms with Gasteiger partial charge >= 0.3 is 0 Å². The zero-order valence-electron chi connectivity index (χ0n) is 14.2. The van der Waals surface area contributed by atoms with E-state index < -0.39 is 6.10 Å². The normalized spacial score (nSPS) is 13.1. The monoisotopic (exact) mass is 321 g/mol. The number of hydrogen-bond donors (Lipinski definition) is 1. The first-order valence-electron chi connectivity index (χ1n) is 8.08. The van der Waals surface area contributed by atoms with Gasteiger partial charge in [0.15, 0.2) is 0 Å². The minimum absolute atomic E-state index is 0.337. The van der Waals surface area contributed by atoms with Gasteiger partial charge in [-0.15, -0.1) is 0 Å². The Kier molecular flexibility index (Phi) is 6.89. The van der Waals surface area contributed by atoms with Crippen LogP contribution in [0.15, 0.2) is 39.4 Å². The number of aliphatic hydroxyl groups is 1. The lowest BCUT2D eigenvalue weighted by Crippen LogP contribution is -2.34. The molecule has 0 bridgehead atoms. The summed E-state index contributed by atoms with van der Waals surface area (Å²) >= 11 is 0. The van der Waals surface area contributed by atoms with Gasteiger partial charge in [0.2, 0.25) is 0 Å². The van der Waals surface area contributed by atoms with E-state index in [0.717, 1.165) is 17.3 Å². The average Bonchev–Trinajstić information content (AvgIpc) is 3.10. The Morgan fingerprint density at radius 3 is 2.52 bits per heavy atom. The van der Waals surface area contributed by atoms with Crippen LogP contribution in [0.2, 0.25) is 0 Å². The van der Waals surface area contributed by atoms with Crippen molar-refractivity contribution < 1.29 is 18.7 Å². The van der Waals surface area contributed by atoms with Crippen LogP contribution >= 0.6 is 0 Å². The molecular formula is C18H27NO4. The maximum Gasteiger partial charge on any atom is 0.118 e. The van der Waals surface area contributed by atoms with E-state index in [-0.39, 0.29) is 0 Å². The van der Waals surface area contributed by atoms with Gasteiger partial charge in [-0.2, -0.15) is 0 Å². The molecule has 0 saturated carbocycles. The topological polar surface area (TPSA) is 59.0 Å². The number of hydrogen-bond acceptors (Lipinski definition) is 5. The van der Waals surface area contributed by atoms with Gasteiger partial charge in [0.05, 0.1) is 32.1 Å². The first-order valence-corrected chi connectivity index (χ1v) is 8.08. The lowest BCUT2D eigenvalue weighted by atomic mass is 10.2. The summed E-state index contributed by atoms with van der Waals surface area (Å²) in [5.74, 6) is 3.10. The molecule has 5 heteroatoms. The molecule has 1 unspecified atom stereocenters. The van der Waals surface area contributed by atoms with Crippen LogP contribution in [0.3, 0.4) is 0 Å². The van der Waals surface area contributed by atoms with Crippen molar-refractivity contribution in [1.82, 2.24) is 4.90 Å². The Hall–Kier alpha value is -1.56. The van der Waals surface area contributed by atoms with Gasteiger partial charge in [-0.1, -0.05) is 13.8 Å². The van der Waals surface area contributed by atoms with Gasteiger partial charge in [0.25, 0.3) is 0 Å². The molecule has 0 aliphatic carbocycles. The van der Waals surface area contributed by atoms with E-state index in [2.05, 4.69) is 18.7 Å². The lowest BCUT2D eigenvalue weighted by molar-refractivity contribution is 0.00359. The van der Waals surface area contributed by atoms with Crippen LogP contribution in [-0.4, -0.2) is 35.9 Å². The summed E-state index contributed by atoms with van der Waals surface area (Å²) in [6.45, 7) is 8.84. The number of aryl methyl sites for hydroxylation is 1. The smallest absolute Gasteiger partial charge is 0.118 e. The van der Waals surface area contributed by atoms with Crippen LogP contribution in [0.1, 0.15) is 31.1 Å². The van der Waals surface area contributed by atoms with E-state index in [1.54, 1.807) is 6.26 Å². The fourth-order valence-corrected chi connectivity index (χ4v) is 2.39. The molecule has 0 amide bonds. The minimum atomic E-state index is -0.542. The van der Waals surface area contributed by atoms with E-state index in [1.807, 2.05) is 31.2 Å². The Balaban J connectivity index is 1.89. The highest BCUT2D eigenvalue weighted by atomic mass is 16.5. The summed E-state index contributed by atoms with van der Waals surface area (Å²) in [7, 11) is 0. The third-order valence-electron chi connectivity index (χ3n) is 3.37. The Bertz CT molecular complexity index is 547. The summed E-state index contributed by atoms with van der Waals surface area (Å²) in [6, 6.07) is 7.71. The molecule has 0 fully saturated rings. The molecule has 0 radical (unpaired) electrons. The molecule has 2 heterocycles. The Morgan fingerprint density at radius 2 is 1.91 bits per heavy atom. The highest BCUT2D eigenvalue weighted by molar-refractivity contribution is 5.06. The highest BCUT2D eigenvalue weighted by Gasteiger charge is 2.16. The summed E-state index contributed by atoms with van der Waals surface area (Å²) in [6.07, 6.45) is 1.12.